The first-order valence-electron chi connectivity index (χ1n) is 9.48. The van der Waals surface area contributed by atoms with Crippen LogP contribution in [0.15, 0.2) is 46.2 Å². The van der Waals surface area contributed by atoms with Crippen LogP contribution in [0.5, 0.6) is 0 Å². The van der Waals surface area contributed by atoms with Gasteiger partial charge in [0.2, 0.25) is 20.0 Å². The third-order valence-corrected chi connectivity index (χ3v) is 8.38. The molecule has 1 aliphatic rings. The highest BCUT2D eigenvalue weighted by atomic mass is 32.2. The van der Waals surface area contributed by atoms with Crippen molar-refractivity contribution in [2.75, 3.05) is 38.3 Å². The van der Waals surface area contributed by atoms with Crippen molar-refractivity contribution >= 4 is 43.2 Å². The molecule has 0 saturated heterocycles. The van der Waals surface area contributed by atoms with Crippen molar-refractivity contribution < 1.29 is 27.0 Å². The number of nitrogens with zero attached hydrogens (tertiary/aromatic N) is 1. The molecule has 3 rings (SSSR count). The highest BCUT2D eigenvalue weighted by molar-refractivity contribution is 7.99. The van der Waals surface area contributed by atoms with Crippen LogP contribution >= 0.6 is 11.8 Å². The summed E-state index contributed by atoms with van der Waals surface area (Å²) in [6.45, 7) is -0.600. The number of aliphatic hydroxyl groups excluding tert-OH is 2. The van der Waals surface area contributed by atoms with Gasteiger partial charge in [-0.2, -0.15) is 0 Å². The zero-order valence-electron chi connectivity index (χ0n) is 16.9. The monoisotopic (exact) mass is 487 g/mol. The number of aliphatic hydroxyl groups is 2. The number of hydrogen-bond donors (Lipinski definition) is 4. The van der Waals surface area contributed by atoms with Gasteiger partial charge in [-0.15, -0.1) is 0 Å². The Balaban J connectivity index is 1.83. The largest absolute Gasteiger partial charge is 0.395 e. The Bertz CT molecular complexity index is 1060. The normalized spacial score (nSPS) is 13.7. The minimum Gasteiger partial charge on any atom is -0.395 e. The molecule has 0 atom stereocenters. The first kappa shape index (κ1) is 24.0. The molecule has 0 unspecified atom stereocenters. The zero-order chi connectivity index (χ0) is 22.6. The summed E-state index contributed by atoms with van der Waals surface area (Å²) in [4.78, 5) is 3.71. The second kappa shape index (κ2) is 9.86. The molecule has 0 radical (unpaired) electrons. The molecule has 2 aromatic carbocycles. The van der Waals surface area contributed by atoms with E-state index in [9.17, 15) is 16.8 Å². The maximum Gasteiger partial charge on any atom is 0.215 e. The second-order valence-electron chi connectivity index (χ2n) is 7.02. The Labute approximate surface area is 186 Å². The van der Waals surface area contributed by atoms with E-state index in [0.717, 1.165) is 21.2 Å². The standard InChI is InChI=1S/C19H25N3O6S3/c1-22-16-4-2-14(12-30(25,26)20-6-8-23)10-18(16)29-19-11-15(3-5-17(19)22)13-31(27,28)21-7-9-24/h2-5,10-11,20-21,23-24H,6-9,12-13H2,1H3. The van der Waals surface area contributed by atoms with E-state index in [1.807, 2.05) is 36.2 Å². The molecule has 0 saturated carbocycles. The van der Waals surface area contributed by atoms with Crippen LogP contribution < -0.4 is 14.3 Å². The summed E-state index contributed by atoms with van der Waals surface area (Å²) in [5.41, 5.74) is 3.07. The van der Waals surface area contributed by atoms with Crippen LogP contribution in [0.4, 0.5) is 11.4 Å². The molecule has 1 heterocycles. The molecule has 0 spiro atoms. The summed E-state index contributed by atoms with van der Waals surface area (Å²) >= 11 is 1.45. The number of hydrogen-bond acceptors (Lipinski definition) is 8. The lowest BCUT2D eigenvalue weighted by atomic mass is 10.1. The molecular weight excluding hydrogens is 462 g/mol. The van der Waals surface area contributed by atoms with Crippen molar-refractivity contribution in [1.29, 1.82) is 0 Å². The highest BCUT2D eigenvalue weighted by Gasteiger charge is 2.23. The molecule has 0 amide bonds. The van der Waals surface area contributed by atoms with Gasteiger partial charge in [0.25, 0.3) is 0 Å². The van der Waals surface area contributed by atoms with Crippen LogP contribution in [-0.2, 0) is 31.6 Å². The summed E-state index contributed by atoms with van der Waals surface area (Å²) in [5, 5.41) is 17.6. The Morgan fingerprint density at radius 1 is 0.806 bits per heavy atom. The summed E-state index contributed by atoms with van der Waals surface area (Å²) in [6.07, 6.45) is 0. The molecular formula is C19H25N3O6S3. The molecule has 0 fully saturated rings. The minimum absolute atomic E-state index is 0.0308. The number of benzene rings is 2. The summed E-state index contributed by atoms with van der Waals surface area (Å²) in [5.74, 6) is -0.404. The van der Waals surface area contributed by atoms with Crippen LogP contribution in [-0.4, -0.2) is 60.4 Å². The number of sulfonamides is 2. The topological polar surface area (TPSA) is 136 Å². The second-order valence-corrected chi connectivity index (χ2v) is 11.7. The first-order chi connectivity index (χ1) is 14.6. The minimum atomic E-state index is -3.56. The van der Waals surface area contributed by atoms with Gasteiger partial charge in [-0.25, -0.2) is 26.3 Å². The van der Waals surface area contributed by atoms with E-state index in [1.165, 1.54) is 11.8 Å². The smallest absolute Gasteiger partial charge is 0.215 e. The van der Waals surface area contributed by atoms with Gasteiger partial charge in [-0.3, -0.25) is 0 Å². The number of fused-ring (bicyclic) bond motifs is 2. The molecule has 0 aromatic heterocycles. The van der Waals surface area contributed by atoms with E-state index in [2.05, 4.69) is 9.44 Å². The number of nitrogens with one attached hydrogen (secondary N) is 2. The Morgan fingerprint density at radius 2 is 1.23 bits per heavy atom. The number of rotatable bonds is 10. The molecule has 12 heteroatoms. The van der Waals surface area contributed by atoms with Crippen molar-refractivity contribution in [3.05, 3.63) is 47.5 Å². The van der Waals surface area contributed by atoms with Gasteiger partial charge in [0.1, 0.15) is 0 Å². The molecule has 31 heavy (non-hydrogen) atoms. The Morgan fingerprint density at radius 3 is 1.61 bits per heavy atom. The van der Waals surface area contributed by atoms with Gasteiger partial charge in [0.15, 0.2) is 0 Å². The van der Waals surface area contributed by atoms with E-state index < -0.39 is 20.0 Å². The maximum atomic E-state index is 12.1. The predicted molar refractivity (Wildman–Crippen MR) is 120 cm³/mol. The van der Waals surface area contributed by atoms with Gasteiger partial charge < -0.3 is 15.1 Å². The van der Waals surface area contributed by atoms with Crippen molar-refractivity contribution in [3.8, 4) is 0 Å². The van der Waals surface area contributed by atoms with Crippen molar-refractivity contribution in [3.63, 3.8) is 0 Å². The van der Waals surface area contributed by atoms with E-state index in [-0.39, 0.29) is 37.8 Å². The van der Waals surface area contributed by atoms with Gasteiger partial charge >= 0.3 is 0 Å². The lowest BCUT2D eigenvalue weighted by Crippen LogP contribution is -2.28. The van der Waals surface area contributed by atoms with Crippen molar-refractivity contribution in [2.24, 2.45) is 0 Å². The lowest BCUT2D eigenvalue weighted by molar-refractivity contribution is 0.300. The predicted octanol–water partition coefficient (Wildman–Crippen LogP) is 0.743. The quantitative estimate of drug-likeness (QED) is 0.385. The fourth-order valence-electron chi connectivity index (χ4n) is 3.21. The summed E-state index contributed by atoms with van der Waals surface area (Å²) < 4.78 is 53.2. The molecule has 2 aromatic rings. The Hall–Kier alpha value is -1.67. The average Bonchev–Trinajstić information content (AvgIpc) is 2.70. The van der Waals surface area contributed by atoms with Crippen LogP contribution in [0.1, 0.15) is 11.1 Å². The molecule has 170 valence electrons. The molecule has 0 aliphatic carbocycles. The van der Waals surface area contributed by atoms with Crippen molar-refractivity contribution in [1.82, 2.24) is 9.44 Å². The van der Waals surface area contributed by atoms with Crippen molar-refractivity contribution in [2.45, 2.75) is 21.3 Å². The Kier molecular flexibility index (Phi) is 7.63. The summed E-state index contributed by atoms with van der Waals surface area (Å²) in [6, 6.07) is 10.9. The van der Waals surface area contributed by atoms with Gasteiger partial charge in [-0.05, 0) is 35.4 Å². The van der Waals surface area contributed by atoms with E-state index in [4.69, 9.17) is 10.2 Å². The summed E-state index contributed by atoms with van der Waals surface area (Å²) in [7, 11) is -5.21. The van der Waals surface area contributed by atoms with E-state index >= 15 is 0 Å². The van der Waals surface area contributed by atoms with E-state index in [0.29, 0.717) is 11.1 Å². The third-order valence-electron chi connectivity index (χ3n) is 4.57. The lowest BCUT2D eigenvalue weighted by Gasteiger charge is -2.30. The van der Waals surface area contributed by atoms with Crippen LogP contribution in [0, 0.1) is 0 Å². The van der Waals surface area contributed by atoms with Gasteiger partial charge in [0.05, 0.1) is 36.1 Å². The zero-order valence-corrected chi connectivity index (χ0v) is 19.4. The molecule has 1 aliphatic heterocycles. The SMILES string of the molecule is CN1c2ccc(CS(=O)(=O)NCCO)cc2Sc2cc(CS(=O)(=O)NCCO)ccc21. The van der Waals surface area contributed by atoms with Crippen LogP contribution in [0.2, 0.25) is 0 Å². The van der Waals surface area contributed by atoms with Gasteiger partial charge in [0, 0.05) is 29.9 Å². The number of anilines is 2. The average molecular weight is 488 g/mol. The first-order valence-corrected chi connectivity index (χ1v) is 13.6. The van der Waals surface area contributed by atoms with Crippen LogP contribution in [0.25, 0.3) is 0 Å². The third kappa shape index (κ3) is 6.19. The van der Waals surface area contributed by atoms with Gasteiger partial charge in [-0.1, -0.05) is 23.9 Å². The highest BCUT2D eigenvalue weighted by Crippen LogP contribution is 2.48. The fourth-order valence-corrected chi connectivity index (χ4v) is 6.73. The fraction of sp³-hybridized carbons (Fsp3) is 0.368. The molecule has 9 nitrogen and oxygen atoms in total. The molecule has 4 N–H and O–H groups in total. The van der Waals surface area contributed by atoms with E-state index in [1.54, 1.807) is 12.1 Å². The molecule has 0 bridgehead atoms. The maximum absolute atomic E-state index is 12.1. The van der Waals surface area contributed by atoms with Crippen LogP contribution in [0.3, 0.4) is 0 Å².